The van der Waals surface area contributed by atoms with Crippen LogP contribution in [0.1, 0.15) is 32.5 Å². The molecule has 2 heterocycles. The molecule has 53 heavy (non-hydrogen) atoms. The minimum Gasteiger partial charge on any atom is -0.512 e. The Kier molecular flexibility index (Phi) is 13.8. The SMILES string of the molecule is BNOCc1ccc(OP(=O)(OCCO/C=C/O)OC2C(COC(=O)c3ccccc3)OC(n3ccc(=O)[nH]c3=O)C2OC(=O)c2ccccc2)cc1. The summed E-state index contributed by atoms with van der Waals surface area (Å²) in [6.45, 7) is -0.958. The lowest BCUT2D eigenvalue weighted by atomic mass is 10.1. The molecule has 1 aromatic heterocycles. The lowest BCUT2D eigenvalue weighted by Gasteiger charge is -2.28. The Morgan fingerprint density at radius 3 is 2.25 bits per heavy atom. The summed E-state index contributed by atoms with van der Waals surface area (Å²) in [6.07, 6.45) is -3.37. The molecule has 0 radical (unpaired) electrons. The summed E-state index contributed by atoms with van der Waals surface area (Å²) >= 11 is 0. The number of ether oxygens (including phenoxy) is 4. The summed E-state index contributed by atoms with van der Waals surface area (Å²) < 4.78 is 55.7. The molecule has 4 aromatic rings. The van der Waals surface area contributed by atoms with E-state index in [0.717, 1.165) is 28.7 Å². The Hall–Kier alpha value is -5.49. The van der Waals surface area contributed by atoms with E-state index in [-0.39, 0.29) is 30.1 Å². The molecule has 0 spiro atoms. The number of nitrogens with zero attached hydrogens (tertiary/aromatic N) is 1. The topological polar surface area (TPSA) is 212 Å². The van der Waals surface area contributed by atoms with Crippen molar-refractivity contribution in [3.05, 3.63) is 147 Å². The van der Waals surface area contributed by atoms with Crippen LogP contribution >= 0.6 is 7.82 Å². The van der Waals surface area contributed by atoms with Crippen LogP contribution < -0.4 is 21.2 Å². The van der Waals surface area contributed by atoms with E-state index in [1.807, 2.05) is 0 Å². The highest BCUT2D eigenvalue weighted by Crippen LogP contribution is 2.53. The first-order valence-corrected chi connectivity index (χ1v) is 17.5. The van der Waals surface area contributed by atoms with Gasteiger partial charge in [-0.2, -0.15) is 0 Å². The van der Waals surface area contributed by atoms with Crippen molar-refractivity contribution in [3.8, 4) is 5.75 Å². The first kappa shape index (κ1) is 38.7. The van der Waals surface area contributed by atoms with Crippen LogP contribution in [0.5, 0.6) is 5.75 Å². The number of carbonyl (C=O) groups is 2. The largest absolute Gasteiger partial charge is 0.530 e. The molecular formula is C34H35BN3O14P. The van der Waals surface area contributed by atoms with Gasteiger partial charge in [0.05, 0.1) is 24.3 Å². The van der Waals surface area contributed by atoms with Gasteiger partial charge in [0.15, 0.2) is 12.3 Å². The molecule has 1 aliphatic rings. The first-order chi connectivity index (χ1) is 25.7. The number of rotatable bonds is 18. The molecule has 0 amide bonds. The third kappa shape index (κ3) is 10.8. The number of H-pyrrole nitrogens is 1. The fourth-order valence-corrected chi connectivity index (χ4v) is 6.38. The second-order valence-corrected chi connectivity index (χ2v) is 12.6. The summed E-state index contributed by atoms with van der Waals surface area (Å²) in [6, 6.07) is 23.2. The van der Waals surface area contributed by atoms with Crippen LogP contribution in [-0.2, 0) is 44.0 Å². The van der Waals surface area contributed by atoms with E-state index in [0.29, 0.717) is 6.26 Å². The Labute approximate surface area is 303 Å². The van der Waals surface area contributed by atoms with Crippen molar-refractivity contribution < 1.29 is 56.6 Å². The number of phosphoric acid groups is 1. The molecule has 5 rings (SSSR count). The molecule has 278 valence electrons. The predicted molar refractivity (Wildman–Crippen MR) is 187 cm³/mol. The van der Waals surface area contributed by atoms with Crippen LogP contribution in [0.15, 0.2) is 119 Å². The van der Waals surface area contributed by atoms with Crippen LogP contribution in [0, 0.1) is 0 Å². The zero-order valence-corrected chi connectivity index (χ0v) is 29.1. The molecule has 1 fully saturated rings. The second kappa shape index (κ2) is 18.8. The Morgan fingerprint density at radius 1 is 0.925 bits per heavy atom. The minimum atomic E-state index is -4.78. The molecule has 0 bridgehead atoms. The van der Waals surface area contributed by atoms with Crippen LogP contribution in [0.2, 0.25) is 0 Å². The van der Waals surface area contributed by atoms with E-state index in [2.05, 4.69) is 10.4 Å². The van der Waals surface area contributed by atoms with Gasteiger partial charge in [-0.05, 0) is 42.0 Å². The molecule has 3 N–H and O–H groups in total. The molecule has 0 saturated carbocycles. The first-order valence-electron chi connectivity index (χ1n) is 16.1. The van der Waals surface area contributed by atoms with Crippen molar-refractivity contribution in [2.45, 2.75) is 31.1 Å². The molecule has 5 atom stereocenters. The van der Waals surface area contributed by atoms with Gasteiger partial charge in [-0.25, -0.2) is 18.9 Å². The van der Waals surface area contributed by atoms with Crippen molar-refractivity contribution in [1.29, 1.82) is 0 Å². The van der Waals surface area contributed by atoms with E-state index in [1.165, 1.54) is 36.4 Å². The van der Waals surface area contributed by atoms with Gasteiger partial charge in [0.25, 0.3) is 5.56 Å². The zero-order chi connectivity index (χ0) is 37.6. The zero-order valence-electron chi connectivity index (χ0n) is 28.2. The number of hydrogen-bond acceptors (Lipinski definition) is 15. The van der Waals surface area contributed by atoms with E-state index < -0.39 is 68.8 Å². The molecule has 1 saturated heterocycles. The summed E-state index contributed by atoms with van der Waals surface area (Å²) in [7, 11) is -3.17. The number of aromatic amines is 1. The highest BCUT2D eigenvalue weighted by molar-refractivity contribution is 7.49. The predicted octanol–water partition coefficient (Wildman–Crippen LogP) is 2.72. The van der Waals surface area contributed by atoms with E-state index in [4.69, 9.17) is 42.5 Å². The third-order valence-electron chi connectivity index (χ3n) is 7.43. The number of phosphoric ester groups is 1. The van der Waals surface area contributed by atoms with Crippen molar-refractivity contribution in [2.24, 2.45) is 0 Å². The summed E-state index contributed by atoms with van der Waals surface area (Å²) in [5.41, 5.74) is -0.586. The molecule has 17 nitrogen and oxygen atoms in total. The van der Waals surface area contributed by atoms with Crippen LogP contribution in [0.4, 0.5) is 0 Å². The quantitative estimate of drug-likeness (QED) is 0.0333. The standard InChI is InChI=1S/C34H35BN3O14P/c35-37-47-21-23-11-13-26(14-12-23)51-53(44,48-20-19-45-18-17-39)52-29-27(22-46-32(41)24-7-3-1-4-8-24)49-31(38-16-15-28(40)36-34(38)43)30(29)50-33(42)25-9-5-2-6-10-25/h1-18,27,29-31,37,39H,19-22,35H2,(H,36,40,43)/b18-17+. The fourth-order valence-electron chi connectivity index (χ4n) is 4.99. The molecule has 0 aliphatic carbocycles. The van der Waals surface area contributed by atoms with Gasteiger partial charge in [-0.3, -0.25) is 28.8 Å². The monoisotopic (exact) mass is 751 g/mol. The summed E-state index contributed by atoms with van der Waals surface area (Å²) in [5, 5.41) is 11.5. The highest BCUT2D eigenvalue weighted by atomic mass is 31.2. The Morgan fingerprint density at radius 2 is 1.60 bits per heavy atom. The van der Waals surface area contributed by atoms with E-state index in [1.54, 1.807) is 56.5 Å². The summed E-state index contributed by atoms with van der Waals surface area (Å²) in [5.74, 6) is -1.59. The number of carbonyl (C=O) groups excluding carboxylic acids is 2. The van der Waals surface area contributed by atoms with E-state index in [9.17, 15) is 23.7 Å². The maximum absolute atomic E-state index is 14.5. The number of nitrogens with one attached hydrogen (secondary N) is 2. The lowest BCUT2D eigenvalue weighted by Crippen LogP contribution is -2.42. The lowest BCUT2D eigenvalue weighted by molar-refractivity contribution is -0.0636. The third-order valence-corrected chi connectivity index (χ3v) is 8.87. The van der Waals surface area contributed by atoms with Gasteiger partial charge < -0.3 is 33.4 Å². The van der Waals surface area contributed by atoms with Crippen LogP contribution in [0.3, 0.4) is 0 Å². The maximum atomic E-state index is 14.5. The number of esters is 2. The normalized spacial score (nSPS) is 19.3. The number of hydrogen-bond donors (Lipinski definition) is 3. The van der Waals surface area contributed by atoms with Crippen LogP contribution in [0.25, 0.3) is 0 Å². The molecule has 3 aromatic carbocycles. The van der Waals surface area contributed by atoms with Gasteiger partial charge >= 0.3 is 25.5 Å². The van der Waals surface area contributed by atoms with Gasteiger partial charge in [0.1, 0.15) is 43.7 Å². The number of aromatic nitrogens is 2. The van der Waals surface area contributed by atoms with E-state index >= 15 is 0 Å². The number of benzene rings is 3. The molecule has 1 aliphatic heterocycles. The van der Waals surface area contributed by atoms with Crippen molar-refractivity contribution >= 4 is 27.7 Å². The van der Waals surface area contributed by atoms with Gasteiger partial charge in [0, 0.05) is 12.3 Å². The molecule has 5 unspecified atom stereocenters. The second-order valence-electron chi connectivity index (χ2n) is 11.0. The minimum absolute atomic E-state index is 0.0370. The highest BCUT2D eigenvalue weighted by Gasteiger charge is 2.53. The Balaban J connectivity index is 1.53. The van der Waals surface area contributed by atoms with Crippen molar-refractivity contribution in [1.82, 2.24) is 14.9 Å². The van der Waals surface area contributed by atoms with Gasteiger partial charge in [-0.15, -0.1) is 0 Å². The average Bonchev–Trinajstić information content (AvgIpc) is 3.49. The average molecular weight is 751 g/mol. The number of aliphatic hydroxyl groups excluding tert-OH is 1. The van der Waals surface area contributed by atoms with Crippen molar-refractivity contribution in [3.63, 3.8) is 0 Å². The van der Waals surface area contributed by atoms with Gasteiger partial charge in [-0.1, -0.05) is 48.5 Å². The van der Waals surface area contributed by atoms with Gasteiger partial charge in [0.2, 0.25) is 7.98 Å². The van der Waals surface area contributed by atoms with Crippen molar-refractivity contribution in [2.75, 3.05) is 19.8 Å². The molecular weight excluding hydrogens is 716 g/mol. The maximum Gasteiger partial charge on any atom is 0.530 e. The fraction of sp³-hybridized carbons (Fsp3) is 0.235. The Bertz CT molecular complexity index is 2000. The smallest absolute Gasteiger partial charge is 0.512 e. The summed E-state index contributed by atoms with van der Waals surface area (Å²) in [4.78, 5) is 58.8. The molecule has 19 heteroatoms. The van der Waals surface area contributed by atoms with Crippen LogP contribution in [-0.4, -0.2) is 72.7 Å². The number of aliphatic hydroxyl groups is 1.